The van der Waals surface area contributed by atoms with Crippen LogP contribution in [0.2, 0.25) is 0 Å². The summed E-state index contributed by atoms with van der Waals surface area (Å²) in [6, 6.07) is 3.70. The largest absolute Gasteiger partial charge is 0.493 e. The van der Waals surface area contributed by atoms with E-state index in [0.29, 0.717) is 35.3 Å². The molecule has 0 unspecified atom stereocenters. The second-order valence-corrected chi connectivity index (χ2v) is 4.41. The summed E-state index contributed by atoms with van der Waals surface area (Å²) in [6.45, 7) is 0.480. The number of methoxy groups -OCH3 is 3. The first-order valence-electron chi connectivity index (χ1n) is 6.49. The molecule has 118 valence electrons. The van der Waals surface area contributed by atoms with Crippen molar-refractivity contribution < 1.29 is 14.2 Å². The predicted molar refractivity (Wildman–Crippen MR) is 84.3 cm³/mol. The van der Waals surface area contributed by atoms with Crippen LogP contribution in [0.15, 0.2) is 18.3 Å². The molecule has 0 spiro atoms. The van der Waals surface area contributed by atoms with Gasteiger partial charge in [-0.3, -0.25) is 0 Å². The van der Waals surface area contributed by atoms with Crippen molar-refractivity contribution in [3.05, 3.63) is 23.9 Å². The average molecular weight is 305 g/mol. The van der Waals surface area contributed by atoms with Crippen LogP contribution < -0.4 is 31.0 Å². The van der Waals surface area contributed by atoms with E-state index >= 15 is 0 Å². The maximum Gasteiger partial charge on any atom is 0.222 e. The summed E-state index contributed by atoms with van der Waals surface area (Å²) < 4.78 is 15.9. The van der Waals surface area contributed by atoms with Gasteiger partial charge in [0.15, 0.2) is 17.3 Å². The lowest BCUT2D eigenvalue weighted by atomic mass is 10.1. The number of nitrogen functional groups attached to an aromatic ring is 2. The average Bonchev–Trinajstić information content (AvgIpc) is 2.52. The van der Waals surface area contributed by atoms with Crippen LogP contribution in [0.25, 0.3) is 0 Å². The third-order valence-corrected chi connectivity index (χ3v) is 3.04. The summed E-state index contributed by atoms with van der Waals surface area (Å²) in [5.41, 5.74) is 12.8. The Kier molecular flexibility index (Phi) is 4.72. The normalized spacial score (nSPS) is 10.1. The van der Waals surface area contributed by atoms with E-state index in [1.54, 1.807) is 21.3 Å². The van der Waals surface area contributed by atoms with E-state index in [4.69, 9.17) is 25.7 Å². The molecule has 0 saturated carbocycles. The molecule has 22 heavy (non-hydrogen) atoms. The third-order valence-electron chi connectivity index (χ3n) is 3.04. The lowest BCUT2D eigenvalue weighted by Gasteiger charge is -2.15. The van der Waals surface area contributed by atoms with E-state index in [-0.39, 0.29) is 5.95 Å². The predicted octanol–water partition coefficient (Wildman–Crippen LogP) is 1.28. The molecule has 1 aromatic carbocycles. The van der Waals surface area contributed by atoms with Gasteiger partial charge in [0, 0.05) is 6.54 Å². The maximum atomic E-state index is 5.78. The SMILES string of the molecule is COc1cc(CNc2cnc(N)nc2N)cc(OC)c1OC. The summed E-state index contributed by atoms with van der Waals surface area (Å²) in [5.74, 6) is 2.14. The van der Waals surface area contributed by atoms with Gasteiger partial charge in [0.1, 0.15) is 0 Å². The van der Waals surface area contributed by atoms with Crippen LogP contribution in [-0.4, -0.2) is 31.3 Å². The first-order chi connectivity index (χ1) is 10.6. The molecule has 0 aliphatic carbocycles. The Hall–Kier alpha value is -2.90. The highest BCUT2D eigenvalue weighted by Crippen LogP contribution is 2.38. The standard InChI is InChI=1S/C14H19N5O3/c1-20-10-4-8(5-11(21-2)12(10)22-3)6-17-9-7-18-14(16)19-13(9)15/h4-5,7,17H,6H2,1-3H3,(H4,15,16,18,19). The van der Waals surface area contributed by atoms with Crippen molar-refractivity contribution in [3.63, 3.8) is 0 Å². The zero-order chi connectivity index (χ0) is 16.1. The van der Waals surface area contributed by atoms with E-state index in [1.165, 1.54) is 6.20 Å². The summed E-state index contributed by atoms with van der Waals surface area (Å²) in [5, 5.41) is 3.14. The Morgan fingerprint density at radius 1 is 1.05 bits per heavy atom. The van der Waals surface area contributed by atoms with Crippen molar-refractivity contribution >= 4 is 17.5 Å². The number of benzene rings is 1. The second-order valence-electron chi connectivity index (χ2n) is 4.41. The summed E-state index contributed by atoms with van der Waals surface area (Å²) in [6.07, 6.45) is 1.54. The molecule has 1 heterocycles. The first-order valence-corrected chi connectivity index (χ1v) is 6.49. The van der Waals surface area contributed by atoms with Crippen molar-refractivity contribution in [2.45, 2.75) is 6.54 Å². The summed E-state index contributed by atoms with van der Waals surface area (Å²) in [7, 11) is 4.70. The van der Waals surface area contributed by atoms with Crippen molar-refractivity contribution in [2.24, 2.45) is 0 Å². The van der Waals surface area contributed by atoms with Crippen molar-refractivity contribution in [1.29, 1.82) is 0 Å². The fourth-order valence-electron chi connectivity index (χ4n) is 1.98. The van der Waals surface area contributed by atoms with Crippen LogP contribution >= 0.6 is 0 Å². The lowest BCUT2D eigenvalue weighted by Crippen LogP contribution is -2.07. The highest BCUT2D eigenvalue weighted by atomic mass is 16.5. The topological polar surface area (TPSA) is 118 Å². The number of aromatic nitrogens is 2. The molecule has 0 aliphatic heterocycles. The Morgan fingerprint density at radius 3 is 2.18 bits per heavy atom. The molecule has 8 nitrogen and oxygen atoms in total. The Morgan fingerprint density at radius 2 is 1.68 bits per heavy atom. The van der Waals surface area contributed by atoms with Crippen LogP contribution in [0.1, 0.15) is 5.56 Å². The number of hydrogen-bond donors (Lipinski definition) is 3. The maximum absolute atomic E-state index is 5.78. The van der Waals surface area contributed by atoms with E-state index in [0.717, 1.165) is 5.56 Å². The van der Waals surface area contributed by atoms with Crippen LogP contribution in [0.5, 0.6) is 17.2 Å². The van der Waals surface area contributed by atoms with Gasteiger partial charge in [0.05, 0.1) is 33.2 Å². The quantitative estimate of drug-likeness (QED) is 0.730. The van der Waals surface area contributed by atoms with E-state index in [9.17, 15) is 0 Å². The van der Waals surface area contributed by atoms with Gasteiger partial charge in [-0.05, 0) is 17.7 Å². The van der Waals surface area contributed by atoms with E-state index < -0.39 is 0 Å². The number of rotatable bonds is 6. The van der Waals surface area contributed by atoms with Crippen LogP contribution in [0, 0.1) is 0 Å². The van der Waals surface area contributed by atoms with Crippen LogP contribution in [0.4, 0.5) is 17.5 Å². The van der Waals surface area contributed by atoms with Crippen molar-refractivity contribution in [1.82, 2.24) is 9.97 Å². The zero-order valence-corrected chi connectivity index (χ0v) is 12.7. The molecule has 0 saturated heterocycles. The van der Waals surface area contributed by atoms with Gasteiger partial charge < -0.3 is 31.0 Å². The number of nitrogens with two attached hydrogens (primary N) is 2. The minimum absolute atomic E-state index is 0.135. The number of hydrogen-bond acceptors (Lipinski definition) is 8. The first kappa shape index (κ1) is 15.5. The minimum atomic E-state index is 0.135. The van der Waals surface area contributed by atoms with Crippen LogP contribution in [0.3, 0.4) is 0 Å². The lowest BCUT2D eigenvalue weighted by molar-refractivity contribution is 0.324. The van der Waals surface area contributed by atoms with Crippen molar-refractivity contribution in [2.75, 3.05) is 38.1 Å². The summed E-state index contributed by atoms with van der Waals surface area (Å²) >= 11 is 0. The van der Waals surface area contributed by atoms with Crippen molar-refractivity contribution in [3.8, 4) is 17.2 Å². The van der Waals surface area contributed by atoms with Gasteiger partial charge in [-0.2, -0.15) is 4.98 Å². The van der Waals surface area contributed by atoms with E-state index in [2.05, 4.69) is 15.3 Å². The monoisotopic (exact) mass is 305 g/mol. The highest BCUT2D eigenvalue weighted by Gasteiger charge is 2.13. The molecule has 5 N–H and O–H groups in total. The molecule has 8 heteroatoms. The van der Waals surface area contributed by atoms with Gasteiger partial charge in [0.2, 0.25) is 11.7 Å². The molecule has 0 bridgehead atoms. The van der Waals surface area contributed by atoms with Gasteiger partial charge in [0.25, 0.3) is 0 Å². The van der Waals surface area contributed by atoms with E-state index in [1.807, 2.05) is 12.1 Å². The van der Waals surface area contributed by atoms with Gasteiger partial charge in [-0.1, -0.05) is 0 Å². The molecule has 0 aliphatic rings. The third kappa shape index (κ3) is 3.22. The fraction of sp³-hybridized carbons (Fsp3) is 0.286. The van der Waals surface area contributed by atoms with Gasteiger partial charge >= 0.3 is 0 Å². The molecule has 2 aromatic rings. The molecule has 2 rings (SSSR count). The Balaban J connectivity index is 2.22. The number of anilines is 3. The Bertz CT molecular complexity index is 638. The molecule has 1 aromatic heterocycles. The molecular weight excluding hydrogens is 286 g/mol. The second kappa shape index (κ2) is 6.70. The smallest absolute Gasteiger partial charge is 0.222 e. The molecular formula is C14H19N5O3. The Labute approximate surface area is 128 Å². The highest BCUT2D eigenvalue weighted by molar-refractivity contribution is 5.62. The zero-order valence-electron chi connectivity index (χ0n) is 12.7. The number of nitrogens with zero attached hydrogens (tertiary/aromatic N) is 2. The molecule has 0 amide bonds. The minimum Gasteiger partial charge on any atom is -0.493 e. The number of nitrogens with one attached hydrogen (secondary N) is 1. The molecule has 0 fully saturated rings. The van der Waals surface area contributed by atoms with Gasteiger partial charge in [-0.15, -0.1) is 0 Å². The van der Waals surface area contributed by atoms with Gasteiger partial charge in [-0.25, -0.2) is 4.98 Å². The van der Waals surface area contributed by atoms with Crippen LogP contribution in [-0.2, 0) is 6.54 Å². The number of ether oxygens (including phenoxy) is 3. The molecule has 0 radical (unpaired) electrons. The summed E-state index contributed by atoms with van der Waals surface area (Å²) in [4.78, 5) is 7.80. The fourth-order valence-corrected chi connectivity index (χ4v) is 1.98. The molecule has 0 atom stereocenters.